The molecular weight excluding hydrogens is 340 g/mol. The maximum Gasteiger partial charge on any atom is 0.243 e. The van der Waals surface area contributed by atoms with Crippen LogP contribution in [0.25, 0.3) is 0 Å². The number of H-pyrrole nitrogens is 1. The highest BCUT2D eigenvalue weighted by Crippen LogP contribution is 2.39. The van der Waals surface area contributed by atoms with Crippen LogP contribution in [-0.4, -0.2) is 41.6 Å². The normalized spacial score (nSPS) is 22.0. The highest BCUT2D eigenvalue weighted by Gasteiger charge is 2.37. The van der Waals surface area contributed by atoms with Crippen molar-refractivity contribution < 1.29 is 13.2 Å². The zero-order chi connectivity index (χ0) is 17.4. The number of hydrogen-bond donors (Lipinski definition) is 1. The predicted molar refractivity (Wildman–Crippen MR) is 91.8 cm³/mol. The van der Waals surface area contributed by atoms with Gasteiger partial charge in [0.05, 0.1) is 18.0 Å². The molecule has 7 nitrogen and oxygen atoms in total. The summed E-state index contributed by atoms with van der Waals surface area (Å²) in [5.41, 5.74) is 0. The van der Waals surface area contributed by atoms with Crippen molar-refractivity contribution in [2.75, 3.05) is 13.7 Å². The van der Waals surface area contributed by atoms with Crippen LogP contribution < -0.4 is 4.74 Å². The molecule has 1 N–H and O–H groups in total. The number of ether oxygens (including phenoxy) is 1. The lowest BCUT2D eigenvalue weighted by Crippen LogP contribution is -2.39. The van der Waals surface area contributed by atoms with Gasteiger partial charge in [0.1, 0.15) is 11.6 Å². The van der Waals surface area contributed by atoms with Gasteiger partial charge in [0.25, 0.3) is 0 Å². The molecule has 1 atom stereocenters. The topological polar surface area (TPSA) is 88.2 Å². The molecule has 0 bridgehead atoms. The first kappa shape index (κ1) is 16.5. The molecule has 25 heavy (non-hydrogen) atoms. The third kappa shape index (κ3) is 3.16. The van der Waals surface area contributed by atoms with Crippen molar-refractivity contribution in [1.82, 2.24) is 19.5 Å². The Balaban J connectivity index is 1.67. The van der Waals surface area contributed by atoms with Crippen molar-refractivity contribution in [2.45, 2.75) is 49.0 Å². The van der Waals surface area contributed by atoms with E-state index in [1.165, 1.54) is 7.11 Å². The number of benzene rings is 1. The molecule has 1 unspecified atom stereocenters. The number of sulfonamides is 1. The van der Waals surface area contributed by atoms with Gasteiger partial charge < -0.3 is 4.74 Å². The molecule has 0 radical (unpaired) electrons. The van der Waals surface area contributed by atoms with Crippen LogP contribution in [0.3, 0.4) is 0 Å². The first-order valence-corrected chi connectivity index (χ1v) is 10.1. The summed E-state index contributed by atoms with van der Waals surface area (Å²) in [6.07, 6.45) is 4.82. The van der Waals surface area contributed by atoms with Crippen molar-refractivity contribution in [3.63, 3.8) is 0 Å². The molecule has 0 amide bonds. The van der Waals surface area contributed by atoms with Crippen LogP contribution >= 0.6 is 0 Å². The van der Waals surface area contributed by atoms with Crippen molar-refractivity contribution in [1.29, 1.82) is 0 Å². The Kier molecular flexibility index (Phi) is 4.24. The minimum absolute atomic E-state index is 0.251. The summed E-state index contributed by atoms with van der Waals surface area (Å²) in [5.74, 6) is 2.45. The molecule has 2 aromatic rings. The highest BCUT2D eigenvalue weighted by molar-refractivity contribution is 7.89. The molecule has 2 heterocycles. The van der Waals surface area contributed by atoms with E-state index in [0.717, 1.165) is 37.9 Å². The van der Waals surface area contributed by atoms with Gasteiger partial charge in [0.2, 0.25) is 10.0 Å². The van der Waals surface area contributed by atoms with Gasteiger partial charge in [0, 0.05) is 18.5 Å². The second-order valence-electron chi connectivity index (χ2n) is 6.66. The molecule has 8 heteroatoms. The van der Waals surface area contributed by atoms with Crippen molar-refractivity contribution in [2.24, 2.45) is 0 Å². The fourth-order valence-electron chi connectivity index (χ4n) is 3.32. The number of methoxy groups -OCH3 is 1. The standard InChI is InChI=1S/C17H22N4O3S/c1-24-13-5-4-6-14(11-13)25(22,23)21-10-3-2-7-15(21)17-18-16(19-20-17)12-8-9-12/h4-6,11-12,15H,2-3,7-10H2,1H3,(H,18,19,20). The lowest BCUT2D eigenvalue weighted by atomic mass is 10.0. The molecule has 1 aromatic heterocycles. The predicted octanol–water partition coefficient (Wildman–Crippen LogP) is 2.61. The van der Waals surface area contributed by atoms with Gasteiger partial charge in [-0.15, -0.1) is 0 Å². The molecule has 2 fully saturated rings. The minimum atomic E-state index is -3.62. The average Bonchev–Trinajstić information content (AvgIpc) is 3.39. The molecule has 1 aliphatic heterocycles. The largest absolute Gasteiger partial charge is 0.497 e. The fourth-order valence-corrected chi connectivity index (χ4v) is 5.02. The quantitative estimate of drug-likeness (QED) is 0.883. The lowest BCUT2D eigenvalue weighted by molar-refractivity contribution is 0.247. The van der Waals surface area contributed by atoms with Crippen LogP contribution in [0, 0.1) is 0 Å². The van der Waals surface area contributed by atoms with Crippen LogP contribution in [-0.2, 0) is 10.0 Å². The summed E-state index contributed by atoms with van der Waals surface area (Å²) in [6.45, 7) is 0.490. The van der Waals surface area contributed by atoms with Crippen LogP contribution in [0.2, 0.25) is 0 Å². The summed E-state index contributed by atoms with van der Waals surface area (Å²) in [4.78, 5) is 4.84. The minimum Gasteiger partial charge on any atom is -0.497 e. The van der Waals surface area contributed by atoms with E-state index in [-0.39, 0.29) is 10.9 Å². The molecule has 134 valence electrons. The lowest BCUT2D eigenvalue weighted by Gasteiger charge is -2.33. The zero-order valence-electron chi connectivity index (χ0n) is 14.2. The smallest absolute Gasteiger partial charge is 0.243 e. The number of rotatable bonds is 5. The Morgan fingerprint density at radius 2 is 2.08 bits per heavy atom. The zero-order valence-corrected chi connectivity index (χ0v) is 15.0. The van der Waals surface area contributed by atoms with Gasteiger partial charge in [-0.2, -0.15) is 9.40 Å². The van der Waals surface area contributed by atoms with Crippen molar-refractivity contribution in [3.8, 4) is 5.75 Å². The van der Waals surface area contributed by atoms with Crippen LogP contribution in [0.15, 0.2) is 29.2 Å². The number of hydrogen-bond acceptors (Lipinski definition) is 5. The van der Waals surface area contributed by atoms with E-state index in [4.69, 9.17) is 4.74 Å². The number of nitrogens with one attached hydrogen (secondary N) is 1. The van der Waals surface area contributed by atoms with Gasteiger partial charge >= 0.3 is 0 Å². The monoisotopic (exact) mass is 362 g/mol. The van der Waals surface area contributed by atoms with E-state index in [9.17, 15) is 8.42 Å². The van der Waals surface area contributed by atoms with E-state index >= 15 is 0 Å². The second kappa shape index (κ2) is 6.42. The molecule has 1 saturated carbocycles. The number of aromatic amines is 1. The van der Waals surface area contributed by atoms with E-state index in [2.05, 4.69) is 15.2 Å². The first-order chi connectivity index (χ1) is 12.1. The Bertz CT molecular complexity index is 860. The summed E-state index contributed by atoms with van der Waals surface area (Å²) in [6, 6.07) is 6.33. The first-order valence-electron chi connectivity index (χ1n) is 8.67. The maximum atomic E-state index is 13.2. The molecule has 0 spiro atoms. The highest BCUT2D eigenvalue weighted by atomic mass is 32.2. The van der Waals surface area contributed by atoms with Gasteiger partial charge in [0.15, 0.2) is 5.82 Å². The summed E-state index contributed by atoms with van der Waals surface area (Å²) >= 11 is 0. The van der Waals surface area contributed by atoms with Crippen LogP contribution in [0.4, 0.5) is 0 Å². The molecule has 1 aliphatic carbocycles. The van der Waals surface area contributed by atoms with Crippen molar-refractivity contribution in [3.05, 3.63) is 35.9 Å². The Labute approximate surface area is 147 Å². The van der Waals surface area contributed by atoms with Gasteiger partial charge in [-0.25, -0.2) is 13.4 Å². The van der Waals surface area contributed by atoms with E-state index in [1.54, 1.807) is 28.6 Å². The Hall–Kier alpha value is -1.93. The Morgan fingerprint density at radius 3 is 2.84 bits per heavy atom. The third-order valence-electron chi connectivity index (χ3n) is 4.88. The average molecular weight is 362 g/mol. The number of aromatic nitrogens is 3. The molecule has 2 aliphatic rings. The fraction of sp³-hybridized carbons (Fsp3) is 0.529. The van der Waals surface area contributed by atoms with E-state index in [0.29, 0.717) is 24.0 Å². The maximum absolute atomic E-state index is 13.2. The second-order valence-corrected chi connectivity index (χ2v) is 8.55. The molecular formula is C17H22N4O3S. The van der Waals surface area contributed by atoms with Gasteiger partial charge in [-0.05, 0) is 37.8 Å². The third-order valence-corrected chi connectivity index (χ3v) is 6.78. The van der Waals surface area contributed by atoms with E-state index < -0.39 is 10.0 Å². The Morgan fingerprint density at radius 1 is 1.24 bits per heavy atom. The summed E-state index contributed by atoms with van der Waals surface area (Å²) < 4.78 is 33.1. The molecule has 1 aromatic carbocycles. The summed E-state index contributed by atoms with van der Waals surface area (Å²) in [7, 11) is -2.09. The van der Waals surface area contributed by atoms with E-state index in [1.807, 2.05) is 0 Å². The van der Waals surface area contributed by atoms with Crippen molar-refractivity contribution >= 4 is 10.0 Å². The van der Waals surface area contributed by atoms with Gasteiger partial charge in [-0.3, -0.25) is 5.10 Å². The summed E-state index contributed by atoms with van der Waals surface area (Å²) in [5, 5.41) is 7.27. The number of piperidine rings is 1. The SMILES string of the molecule is COc1cccc(S(=O)(=O)N2CCCCC2c2nc(C3CC3)n[nH]2)c1. The van der Waals surface area contributed by atoms with Crippen LogP contribution in [0.5, 0.6) is 5.75 Å². The van der Waals surface area contributed by atoms with Crippen LogP contribution in [0.1, 0.15) is 55.7 Å². The number of nitrogens with zero attached hydrogens (tertiary/aromatic N) is 3. The molecule has 1 saturated heterocycles. The van der Waals surface area contributed by atoms with Gasteiger partial charge in [-0.1, -0.05) is 12.5 Å². The molecule has 4 rings (SSSR count).